The molecule has 0 bridgehead atoms. The van der Waals surface area contributed by atoms with Crippen LogP contribution >= 0.6 is 12.2 Å². The number of sulfonamides is 1. The van der Waals surface area contributed by atoms with E-state index in [0.717, 1.165) is 19.3 Å². The zero-order valence-electron chi connectivity index (χ0n) is 10.6. The first kappa shape index (κ1) is 14.4. The number of hydrogen-bond donors (Lipinski definition) is 2. The lowest BCUT2D eigenvalue weighted by Gasteiger charge is -2.36. The van der Waals surface area contributed by atoms with Gasteiger partial charge in [-0.1, -0.05) is 49.7 Å². The summed E-state index contributed by atoms with van der Waals surface area (Å²) < 4.78 is 27.5. The van der Waals surface area contributed by atoms with Gasteiger partial charge in [0.25, 0.3) is 0 Å². The summed E-state index contributed by atoms with van der Waals surface area (Å²) in [5.74, 6) is 0. The number of rotatable bonds is 4. The first-order chi connectivity index (χ1) is 8.96. The van der Waals surface area contributed by atoms with Crippen molar-refractivity contribution in [2.45, 2.75) is 42.5 Å². The number of hydrogen-bond acceptors (Lipinski definition) is 3. The van der Waals surface area contributed by atoms with E-state index in [0.29, 0.717) is 12.8 Å². The molecule has 0 unspecified atom stereocenters. The van der Waals surface area contributed by atoms with Crippen LogP contribution in [0, 0.1) is 0 Å². The Morgan fingerprint density at radius 1 is 1.16 bits per heavy atom. The smallest absolute Gasteiger partial charge is 0.241 e. The van der Waals surface area contributed by atoms with Gasteiger partial charge in [0.1, 0.15) is 0 Å². The highest BCUT2D eigenvalue weighted by Gasteiger charge is 2.39. The second-order valence-electron chi connectivity index (χ2n) is 4.93. The third-order valence-electron chi connectivity index (χ3n) is 3.56. The fourth-order valence-electron chi connectivity index (χ4n) is 2.47. The van der Waals surface area contributed by atoms with Crippen molar-refractivity contribution in [1.82, 2.24) is 4.72 Å². The highest BCUT2D eigenvalue weighted by atomic mass is 32.2. The Balaban J connectivity index is 2.29. The monoisotopic (exact) mass is 298 g/mol. The predicted molar refractivity (Wildman–Crippen MR) is 79.4 cm³/mol. The quantitative estimate of drug-likeness (QED) is 0.833. The van der Waals surface area contributed by atoms with E-state index in [1.807, 2.05) is 0 Å². The Morgan fingerprint density at radius 3 is 2.26 bits per heavy atom. The fraction of sp³-hybridized carbons (Fsp3) is 0.462. The number of thiocarbonyl (C=S) groups is 1. The van der Waals surface area contributed by atoms with E-state index in [2.05, 4.69) is 4.72 Å². The molecule has 1 fully saturated rings. The molecule has 0 aliphatic heterocycles. The first-order valence-electron chi connectivity index (χ1n) is 6.35. The third-order valence-corrected chi connectivity index (χ3v) is 5.50. The molecule has 19 heavy (non-hydrogen) atoms. The summed E-state index contributed by atoms with van der Waals surface area (Å²) in [5, 5.41) is 0. The summed E-state index contributed by atoms with van der Waals surface area (Å²) in [6.45, 7) is 0. The van der Waals surface area contributed by atoms with Crippen LogP contribution in [0.1, 0.15) is 32.1 Å². The molecule has 0 radical (unpaired) electrons. The maximum Gasteiger partial charge on any atom is 0.241 e. The van der Waals surface area contributed by atoms with Crippen LogP contribution in [-0.2, 0) is 10.0 Å². The molecule has 1 aliphatic carbocycles. The van der Waals surface area contributed by atoms with Crippen molar-refractivity contribution < 1.29 is 8.42 Å². The number of nitrogens with two attached hydrogens (primary N) is 1. The predicted octanol–water partition coefficient (Wildman–Crippen LogP) is 1.95. The molecule has 0 amide bonds. The van der Waals surface area contributed by atoms with Gasteiger partial charge < -0.3 is 5.73 Å². The van der Waals surface area contributed by atoms with Crippen LogP contribution in [0.3, 0.4) is 0 Å². The summed E-state index contributed by atoms with van der Waals surface area (Å²) in [4.78, 5) is 0.489. The molecule has 0 heterocycles. The van der Waals surface area contributed by atoms with Crippen molar-refractivity contribution >= 4 is 27.2 Å². The van der Waals surface area contributed by atoms with Crippen molar-refractivity contribution in [3.63, 3.8) is 0 Å². The lowest BCUT2D eigenvalue weighted by molar-refractivity contribution is 0.353. The van der Waals surface area contributed by atoms with Gasteiger partial charge in [0.15, 0.2) is 0 Å². The van der Waals surface area contributed by atoms with Gasteiger partial charge in [-0.3, -0.25) is 0 Å². The SMILES string of the molecule is NC(=S)C1(NS(=O)(=O)c2ccccc2)CCCCC1. The van der Waals surface area contributed by atoms with Gasteiger partial charge in [0.2, 0.25) is 10.0 Å². The summed E-state index contributed by atoms with van der Waals surface area (Å²) in [6, 6.07) is 8.31. The molecule has 3 N–H and O–H groups in total. The van der Waals surface area contributed by atoms with Gasteiger partial charge in [0, 0.05) is 0 Å². The van der Waals surface area contributed by atoms with E-state index in [4.69, 9.17) is 18.0 Å². The van der Waals surface area contributed by atoms with Gasteiger partial charge in [0.05, 0.1) is 15.4 Å². The van der Waals surface area contributed by atoms with E-state index in [1.54, 1.807) is 30.3 Å². The largest absolute Gasteiger partial charge is 0.392 e. The molecule has 0 aromatic heterocycles. The van der Waals surface area contributed by atoms with Crippen LogP contribution in [0.2, 0.25) is 0 Å². The average Bonchev–Trinajstić information content (AvgIpc) is 2.40. The zero-order chi connectivity index (χ0) is 13.9. The van der Waals surface area contributed by atoms with Crippen molar-refractivity contribution in [2.24, 2.45) is 5.73 Å². The van der Waals surface area contributed by atoms with E-state index >= 15 is 0 Å². The van der Waals surface area contributed by atoms with Gasteiger partial charge in [-0.2, -0.15) is 4.72 Å². The van der Waals surface area contributed by atoms with Gasteiger partial charge in [-0.15, -0.1) is 0 Å². The van der Waals surface area contributed by atoms with Crippen molar-refractivity contribution in [3.05, 3.63) is 30.3 Å². The van der Waals surface area contributed by atoms with E-state index in [-0.39, 0.29) is 9.88 Å². The van der Waals surface area contributed by atoms with E-state index in [1.165, 1.54) is 0 Å². The summed E-state index contributed by atoms with van der Waals surface area (Å²) >= 11 is 5.10. The number of nitrogens with one attached hydrogen (secondary N) is 1. The maximum absolute atomic E-state index is 12.4. The molecular weight excluding hydrogens is 280 g/mol. The Hall–Kier alpha value is -0.980. The Labute approximate surface area is 119 Å². The molecule has 2 rings (SSSR count). The first-order valence-corrected chi connectivity index (χ1v) is 8.24. The van der Waals surface area contributed by atoms with Gasteiger partial charge in [-0.25, -0.2) is 8.42 Å². The van der Waals surface area contributed by atoms with Gasteiger partial charge in [-0.05, 0) is 25.0 Å². The zero-order valence-corrected chi connectivity index (χ0v) is 12.3. The van der Waals surface area contributed by atoms with Gasteiger partial charge >= 0.3 is 0 Å². The van der Waals surface area contributed by atoms with Crippen molar-refractivity contribution in [2.75, 3.05) is 0 Å². The topological polar surface area (TPSA) is 72.2 Å². The molecule has 6 heteroatoms. The van der Waals surface area contributed by atoms with Crippen LogP contribution in [0.4, 0.5) is 0 Å². The molecule has 1 saturated carbocycles. The Kier molecular flexibility index (Phi) is 4.23. The third kappa shape index (κ3) is 3.13. The molecule has 1 aliphatic rings. The highest BCUT2D eigenvalue weighted by Crippen LogP contribution is 2.30. The molecule has 0 spiro atoms. The van der Waals surface area contributed by atoms with Crippen LogP contribution in [0.25, 0.3) is 0 Å². The van der Waals surface area contributed by atoms with Crippen molar-refractivity contribution in [3.8, 4) is 0 Å². The van der Waals surface area contributed by atoms with Crippen LogP contribution in [0.15, 0.2) is 35.2 Å². The molecule has 1 aromatic rings. The molecule has 104 valence electrons. The van der Waals surface area contributed by atoms with Crippen LogP contribution in [0.5, 0.6) is 0 Å². The minimum Gasteiger partial charge on any atom is -0.392 e. The summed E-state index contributed by atoms with van der Waals surface area (Å²) in [6.07, 6.45) is 4.32. The second kappa shape index (κ2) is 5.56. The maximum atomic E-state index is 12.4. The highest BCUT2D eigenvalue weighted by molar-refractivity contribution is 7.89. The molecule has 1 aromatic carbocycles. The normalized spacial score (nSPS) is 18.9. The minimum absolute atomic E-state index is 0.242. The van der Waals surface area contributed by atoms with Crippen LogP contribution < -0.4 is 10.5 Å². The summed E-state index contributed by atoms with van der Waals surface area (Å²) in [5.41, 5.74) is 5.03. The molecule has 0 saturated heterocycles. The lowest BCUT2D eigenvalue weighted by Crippen LogP contribution is -2.57. The number of benzene rings is 1. The second-order valence-corrected chi connectivity index (χ2v) is 7.05. The van der Waals surface area contributed by atoms with Crippen molar-refractivity contribution in [1.29, 1.82) is 0 Å². The minimum atomic E-state index is -3.58. The Morgan fingerprint density at radius 2 is 1.74 bits per heavy atom. The van der Waals surface area contributed by atoms with Crippen LogP contribution in [-0.4, -0.2) is 18.9 Å². The fourth-order valence-corrected chi connectivity index (χ4v) is 4.25. The molecule has 4 nitrogen and oxygen atoms in total. The lowest BCUT2D eigenvalue weighted by atomic mass is 9.82. The Bertz CT molecular complexity index is 549. The van der Waals surface area contributed by atoms with E-state index in [9.17, 15) is 8.42 Å². The average molecular weight is 298 g/mol. The van der Waals surface area contributed by atoms with E-state index < -0.39 is 15.6 Å². The molecule has 0 atom stereocenters. The molecular formula is C13H18N2O2S2. The summed E-state index contributed by atoms with van der Waals surface area (Å²) in [7, 11) is -3.58. The standard InChI is InChI=1S/C13H18N2O2S2/c14-12(18)13(9-5-2-6-10-13)15-19(16,17)11-7-3-1-4-8-11/h1,3-4,7-8,15H,2,5-6,9-10H2,(H2,14,18).